The van der Waals surface area contributed by atoms with Crippen molar-refractivity contribution < 1.29 is 9.53 Å². The molecule has 1 fully saturated rings. The Morgan fingerprint density at radius 3 is 3.04 bits per heavy atom. The number of carbonyl (C=O) groups is 1. The third kappa shape index (κ3) is 6.47. The highest BCUT2D eigenvalue weighted by molar-refractivity contribution is 5.92. The Hall–Kier alpha value is -2.16. The number of carbonyl (C=O) groups excluding carboxylic acids is 1. The molecule has 9 heteroatoms. The van der Waals surface area contributed by atoms with Gasteiger partial charge in [-0.25, -0.2) is 4.98 Å². The van der Waals surface area contributed by atoms with Crippen LogP contribution in [-0.4, -0.2) is 65.9 Å². The average Bonchev–Trinajstić information content (AvgIpc) is 3.17. The second-order valence-electron chi connectivity index (χ2n) is 7.02. The topological polar surface area (TPSA) is 84.3 Å². The summed E-state index contributed by atoms with van der Waals surface area (Å²) in [4.78, 5) is 18.6. The molecular formula is C19H29ClN6O2. The Bertz CT molecular complexity index is 746. The van der Waals surface area contributed by atoms with Crippen LogP contribution in [0.4, 0.5) is 0 Å². The van der Waals surface area contributed by atoms with Gasteiger partial charge in [-0.05, 0) is 51.2 Å². The highest BCUT2D eigenvalue weighted by atomic mass is 35.5. The molecule has 0 bridgehead atoms. The Kier molecular flexibility index (Phi) is 8.69. The van der Waals surface area contributed by atoms with E-state index in [1.165, 1.54) is 0 Å². The van der Waals surface area contributed by atoms with Crippen molar-refractivity contribution in [3.63, 3.8) is 0 Å². The van der Waals surface area contributed by atoms with E-state index in [0.717, 1.165) is 38.0 Å². The van der Waals surface area contributed by atoms with Crippen LogP contribution < -0.4 is 15.4 Å². The normalized spacial score (nSPS) is 16.5. The van der Waals surface area contributed by atoms with Crippen molar-refractivity contribution in [2.24, 2.45) is 0 Å². The number of nitrogens with one attached hydrogen (secondary N) is 2. The summed E-state index contributed by atoms with van der Waals surface area (Å²) in [6.07, 6.45) is 5.80. The van der Waals surface area contributed by atoms with Crippen molar-refractivity contribution in [2.45, 2.75) is 25.4 Å². The summed E-state index contributed by atoms with van der Waals surface area (Å²) in [5, 5.41) is 10.7. The molecule has 0 aliphatic carbocycles. The van der Waals surface area contributed by atoms with Crippen LogP contribution in [0.25, 0.3) is 0 Å². The maximum absolute atomic E-state index is 12.4. The maximum Gasteiger partial charge on any atom is 0.272 e. The number of rotatable bonds is 8. The molecular weight excluding hydrogens is 380 g/mol. The van der Waals surface area contributed by atoms with Crippen molar-refractivity contribution >= 4 is 18.3 Å². The van der Waals surface area contributed by atoms with Crippen molar-refractivity contribution in [1.29, 1.82) is 0 Å². The van der Waals surface area contributed by atoms with E-state index < -0.39 is 0 Å². The molecule has 1 amide bonds. The van der Waals surface area contributed by atoms with Gasteiger partial charge in [0.15, 0.2) is 0 Å². The average molecular weight is 409 g/mol. The van der Waals surface area contributed by atoms with E-state index in [9.17, 15) is 4.79 Å². The molecule has 154 valence electrons. The number of amides is 1. The third-order valence-corrected chi connectivity index (χ3v) is 4.53. The van der Waals surface area contributed by atoms with Gasteiger partial charge in [0.1, 0.15) is 12.3 Å². The molecule has 8 nitrogen and oxygen atoms in total. The van der Waals surface area contributed by atoms with Crippen LogP contribution in [0.15, 0.2) is 30.6 Å². The molecule has 0 spiro atoms. The highest BCUT2D eigenvalue weighted by Crippen LogP contribution is 2.16. The number of hydrogen-bond acceptors (Lipinski definition) is 6. The zero-order valence-corrected chi connectivity index (χ0v) is 17.2. The number of aromatic nitrogens is 3. The van der Waals surface area contributed by atoms with Gasteiger partial charge in [-0.3, -0.25) is 9.48 Å². The quantitative estimate of drug-likeness (QED) is 0.688. The minimum absolute atomic E-state index is 0. The van der Waals surface area contributed by atoms with Crippen molar-refractivity contribution in [1.82, 2.24) is 30.3 Å². The largest absolute Gasteiger partial charge is 0.476 e. The van der Waals surface area contributed by atoms with E-state index in [1.54, 1.807) is 12.3 Å². The second kappa shape index (κ2) is 11.0. The summed E-state index contributed by atoms with van der Waals surface area (Å²) in [7, 11) is 3.99. The van der Waals surface area contributed by atoms with E-state index in [2.05, 4.69) is 20.7 Å². The van der Waals surface area contributed by atoms with Gasteiger partial charge in [-0.2, -0.15) is 5.10 Å². The minimum atomic E-state index is -0.176. The number of likely N-dealkylation sites (N-methyl/N-ethyl adjacent to an activating group) is 1. The van der Waals surface area contributed by atoms with Crippen LogP contribution in [0.3, 0.4) is 0 Å². The van der Waals surface area contributed by atoms with Crippen LogP contribution in [0, 0.1) is 0 Å². The summed E-state index contributed by atoms with van der Waals surface area (Å²) in [6, 6.07) is 5.81. The third-order valence-electron chi connectivity index (χ3n) is 4.53. The lowest BCUT2D eigenvalue weighted by Gasteiger charge is -2.22. The SMILES string of the molecule is CN(C)CCOc1cc(CNC(=O)c2ccn(C3CCCNC3)n2)ccn1.Cl. The molecule has 2 aromatic heterocycles. The predicted molar refractivity (Wildman–Crippen MR) is 110 cm³/mol. The molecule has 3 rings (SSSR count). The van der Waals surface area contributed by atoms with Gasteiger partial charge in [0, 0.05) is 38.1 Å². The zero-order valence-electron chi connectivity index (χ0n) is 16.4. The molecule has 0 radical (unpaired) electrons. The van der Waals surface area contributed by atoms with Gasteiger partial charge in [-0.1, -0.05) is 0 Å². The molecule has 2 N–H and O–H groups in total. The lowest BCUT2D eigenvalue weighted by atomic mass is 10.1. The zero-order chi connectivity index (χ0) is 19.1. The van der Waals surface area contributed by atoms with E-state index in [0.29, 0.717) is 30.8 Å². The number of hydrogen-bond donors (Lipinski definition) is 2. The molecule has 2 aromatic rings. The smallest absolute Gasteiger partial charge is 0.272 e. The monoisotopic (exact) mass is 408 g/mol. The second-order valence-corrected chi connectivity index (χ2v) is 7.02. The fourth-order valence-electron chi connectivity index (χ4n) is 2.97. The van der Waals surface area contributed by atoms with Gasteiger partial charge in [0.25, 0.3) is 5.91 Å². The molecule has 0 saturated carbocycles. The van der Waals surface area contributed by atoms with Gasteiger partial charge < -0.3 is 20.3 Å². The van der Waals surface area contributed by atoms with Crippen molar-refractivity contribution in [2.75, 3.05) is 40.3 Å². The predicted octanol–water partition coefficient (Wildman–Crippen LogP) is 1.49. The van der Waals surface area contributed by atoms with E-state index >= 15 is 0 Å². The Morgan fingerprint density at radius 2 is 2.29 bits per heavy atom. The number of pyridine rings is 1. The van der Waals surface area contributed by atoms with Crippen LogP contribution >= 0.6 is 12.4 Å². The van der Waals surface area contributed by atoms with Gasteiger partial charge >= 0.3 is 0 Å². The first-order valence-electron chi connectivity index (χ1n) is 9.38. The maximum atomic E-state index is 12.4. The molecule has 1 aliphatic rings. The van der Waals surface area contributed by atoms with Crippen LogP contribution in [0.5, 0.6) is 5.88 Å². The molecule has 1 aliphatic heterocycles. The summed E-state index contributed by atoms with van der Waals surface area (Å²) < 4.78 is 7.53. The molecule has 3 heterocycles. The van der Waals surface area contributed by atoms with Gasteiger partial charge in [0.05, 0.1) is 6.04 Å². The van der Waals surface area contributed by atoms with Crippen LogP contribution in [0.1, 0.15) is 34.9 Å². The first kappa shape index (κ1) is 22.1. The number of piperidine rings is 1. The minimum Gasteiger partial charge on any atom is -0.476 e. The fourth-order valence-corrected chi connectivity index (χ4v) is 2.97. The standard InChI is InChI=1S/C19H28N6O2.ClH/c1-24(2)10-11-27-18-12-15(5-8-21-18)13-22-19(26)17-6-9-25(23-17)16-4-3-7-20-14-16;/h5-6,8-9,12,16,20H,3-4,7,10-11,13-14H2,1-2H3,(H,22,26);1H. The Balaban J connectivity index is 0.00000280. The summed E-state index contributed by atoms with van der Waals surface area (Å²) >= 11 is 0. The lowest BCUT2D eigenvalue weighted by molar-refractivity contribution is 0.0944. The Morgan fingerprint density at radius 1 is 1.43 bits per heavy atom. The van der Waals surface area contributed by atoms with Gasteiger partial charge in [0.2, 0.25) is 5.88 Å². The molecule has 1 saturated heterocycles. The van der Waals surface area contributed by atoms with E-state index in [4.69, 9.17) is 4.74 Å². The summed E-state index contributed by atoms with van der Waals surface area (Å²) in [5.74, 6) is 0.391. The van der Waals surface area contributed by atoms with Crippen LogP contribution in [-0.2, 0) is 6.54 Å². The fraction of sp³-hybridized carbons (Fsp3) is 0.526. The van der Waals surface area contributed by atoms with Crippen molar-refractivity contribution in [3.05, 3.63) is 41.9 Å². The highest BCUT2D eigenvalue weighted by Gasteiger charge is 2.17. The Labute approximate surface area is 172 Å². The number of halogens is 1. The van der Waals surface area contributed by atoms with E-state index in [1.807, 2.05) is 42.0 Å². The van der Waals surface area contributed by atoms with Gasteiger partial charge in [-0.15, -0.1) is 12.4 Å². The van der Waals surface area contributed by atoms with E-state index in [-0.39, 0.29) is 18.3 Å². The molecule has 0 aromatic carbocycles. The summed E-state index contributed by atoms with van der Waals surface area (Å²) in [6.45, 7) is 3.75. The number of ether oxygens (including phenoxy) is 1. The first-order chi connectivity index (χ1) is 13.1. The summed E-state index contributed by atoms with van der Waals surface area (Å²) in [5.41, 5.74) is 1.38. The molecule has 1 atom stereocenters. The lowest BCUT2D eigenvalue weighted by Crippen LogP contribution is -2.32. The molecule has 1 unspecified atom stereocenters. The first-order valence-corrected chi connectivity index (χ1v) is 9.38. The number of nitrogens with zero attached hydrogens (tertiary/aromatic N) is 4. The van der Waals surface area contributed by atoms with Crippen LogP contribution in [0.2, 0.25) is 0 Å². The molecule has 28 heavy (non-hydrogen) atoms. The van der Waals surface area contributed by atoms with Crippen molar-refractivity contribution in [3.8, 4) is 5.88 Å².